The predicted octanol–water partition coefficient (Wildman–Crippen LogP) is 1.58. The fourth-order valence-electron chi connectivity index (χ4n) is 4.31. The first kappa shape index (κ1) is 20.0. The van der Waals surface area contributed by atoms with Crippen molar-refractivity contribution in [3.63, 3.8) is 0 Å². The van der Waals surface area contributed by atoms with Gasteiger partial charge in [-0.2, -0.15) is 4.31 Å². The van der Waals surface area contributed by atoms with Crippen molar-refractivity contribution in [3.8, 4) is 5.75 Å². The van der Waals surface area contributed by atoms with Crippen molar-refractivity contribution in [1.29, 1.82) is 0 Å². The van der Waals surface area contributed by atoms with Gasteiger partial charge in [0.2, 0.25) is 15.9 Å². The van der Waals surface area contributed by atoms with Gasteiger partial charge in [0, 0.05) is 26.2 Å². The molecule has 2 amide bonds. The van der Waals surface area contributed by atoms with E-state index in [1.54, 1.807) is 11.0 Å². The highest BCUT2D eigenvalue weighted by Gasteiger charge is 2.53. The summed E-state index contributed by atoms with van der Waals surface area (Å²) in [5, 5.41) is 2.64. The number of rotatable bonds is 4. The molecule has 0 unspecified atom stereocenters. The third-order valence-electron chi connectivity index (χ3n) is 6.23. The molecule has 0 radical (unpaired) electrons. The lowest BCUT2D eigenvalue weighted by atomic mass is 9.94. The summed E-state index contributed by atoms with van der Waals surface area (Å²) in [5.74, 6) is 0.218. The minimum Gasteiger partial charge on any atom is -0.482 e. The van der Waals surface area contributed by atoms with Gasteiger partial charge in [-0.3, -0.25) is 9.59 Å². The van der Waals surface area contributed by atoms with Crippen LogP contribution in [0.25, 0.3) is 0 Å². The first-order chi connectivity index (χ1) is 14.9. The van der Waals surface area contributed by atoms with Gasteiger partial charge in [-0.05, 0) is 36.6 Å². The first-order valence-electron chi connectivity index (χ1n) is 10.3. The number of ether oxygens (including phenoxy) is 1. The SMILES string of the molecule is O=C1COc2ccc(S(=O)(=O)N3CCN(C(=O)C4(c5ccccc5)CC4)CC3)cc2N1. The van der Waals surface area contributed by atoms with Gasteiger partial charge < -0.3 is 15.0 Å². The quantitative estimate of drug-likeness (QED) is 0.777. The molecule has 31 heavy (non-hydrogen) atoms. The second-order valence-corrected chi connectivity index (χ2v) is 10.1. The molecule has 5 rings (SSSR count). The zero-order valence-electron chi connectivity index (χ0n) is 16.9. The number of piperazine rings is 1. The second-order valence-electron chi connectivity index (χ2n) is 8.14. The van der Waals surface area contributed by atoms with E-state index >= 15 is 0 Å². The summed E-state index contributed by atoms with van der Waals surface area (Å²) in [6, 6.07) is 14.3. The van der Waals surface area contributed by atoms with Crippen molar-refractivity contribution in [2.45, 2.75) is 23.2 Å². The Morgan fingerprint density at radius 3 is 2.39 bits per heavy atom. The largest absolute Gasteiger partial charge is 0.482 e. The van der Waals surface area contributed by atoms with Gasteiger partial charge in [0.05, 0.1) is 16.0 Å². The van der Waals surface area contributed by atoms with E-state index in [1.807, 2.05) is 30.3 Å². The molecule has 2 fully saturated rings. The lowest BCUT2D eigenvalue weighted by molar-refractivity contribution is -0.135. The summed E-state index contributed by atoms with van der Waals surface area (Å²) in [6.07, 6.45) is 1.66. The number of anilines is 1. The monoisotopic (exact) mass is 441 g/mol. The Kier molecular flexibility index (Phi) is 4.75. The second kappa shape index (κ2) is 7.35. The van der Waals surface area contributed by atoms with Gasteiger partial charge in [-0.25, -0.2) is 8.42 Å². The van der Waals surface area contributed by atoms with Gasteiger partial charge >= 0.3 is 0 Å². The van der Waals surface area contributed by atoms with Crippen LogP contribution in [-0.4, -0.2) is 62.2 Å². The number of hydrogen-bond donors (Lipinski definition) is 1. The maximum atomic E-state index is 13.2. The van der Waals surface area contributed by atoms with E-state index < -0.39 is 15.4 Å². The van der Waals surface area contributed by atoms with E-state index in [1.165, 1.54) is 16.4 Å². The van der Waals surface area contributed by atoms with Crippen molar-refractivity contribution in [3.05, 3.63) is 54.1 Å². The molecule has 2 aliphatic heterocycles. The molecular formula is C22H23N3O5S. The van der Waals surface area contributed by atoms with E-state index in [0.717, 1.165) is 18.4 Å². The van der Waals surface area contributed by atoms with Crippen LogP contribution in [0.2, 0.25) is 0 Å². The van der Waals surface area contributed by atoms with E-state index in [4.69, 9.17) is 4.74 Å². The minimum atomic E-state index is -3.75. The highest BCUT2D eigenvalue weighted by Crippen LogP contribution is 2.49. The van der Waals surface area contributed by atoms with E-state index in [0.29, 0.717) is 24.5 Å². The molecule has 1 N–H and O–H groups in total. The third kappa shape index (κ3) is 3.47. The van der Waals surface area contributed by atoms with Crippen molar-refractivity contribution >= 4 is 27.5 Å². The van der Waals surface area contributed by atoms with Crippen LogP contribution in [0.1, 0.15) is 18.4 Å². The average Bonchev–Trinajstić information content (AvgIpc) is 3.61. The van der Waals surface area contributed by atoms with Crippen LogP contribution in [0, 0.1) is 0 Å². The summed E-state index contributed by atoms with van der Waals surface area (Å²) < 4.78 is 33.0. The molecule has 0 bridgehead atoms. The van der Waals surface area contributed by atoms with Crippen molar-refractivity contribution in [1.82, 2.24) is 9.21 Å². The zero-order valence-corrected chi connectivity index (χ0v) is 17.7. The van der Waals surface area contributed by atoms with Crippen LogP contribution in [0.4, 0.5) is 5.69 Å². The van der Waals surface area contributed by atoms with E-state index in [9.17, 15) is 18.0 Å². The van der Waals surface area contributed by atoms with Gasteiger partial charge in [-0.15, -0.1) is 0 Å². The van der Waals surface area contributed by atoms with Crippen LogP contribution in [0.3, 0.4) is 0 Å². The summed E-state index contributed by atoms with van der Waals surface area (Å²) in [6.45, 7) is 1.10. The summed E-state index contributed by atoms with van der Waals surface area (Å²) in [5.41, 5.74) is 0.942. The van der Waals surface area contributed by atoms with Crippen LogP contribution in [-0.2, 0) is 25.0 Å². The van der Waals surface area contributed by atoms with Crippen LogP contribution < -0.4 is 10.1 Å². The molecule has 1 aliphatic carbocycles. The van der Waals surface area contributed by atoms with Gasteiger partial charge in [0.25, 0.3) is 5.91 Å². The summed E-state index contributed by atoms with van der Waals surface area (Å²) >= 11 is 0. The first-order valence-corrected chi connectivity index (χ1v) is 11.8. The Hall–Kier alpha value is -2.91. The molecule has 0 aromatic heterocycles. The summed E-state index contributed by atoms with van der Waals surface area (Å²) in [4.78, 5) is 26.6. The maximum absolute atomic E-state index is 13.2. The fraction of sp³-hybridized carbons (Fsp3) is 0.364. The number of nitrogens with one attached hydrogen (secondary N) is 1. The molecule has 2 heterocycles. The molecule has 9 heteroatoms. The summed E-state index contributed by atoms with van der Waals surface area (Å²) in [7, 11) is -3.75. The standard InChI is InChI=1S/C22H23N3O5S/c26-20-15-30-19-7-6-17(14-18(19)23-20)31(28,29)25-12-10-24(11-13-25)21(27)22(8-9-22)16-4-2-1-3-5-16/h1-7,14H,8-13,15H2,(H,23,26). The number of hydrogen-bond acceptors (Lipinski definition) is 5. The van der Waals surface area contributed by atoms with Gasteiger partial charge in [-0.1, -0.05) is 30.3 Å². The molecular weight excluding hydrogens is 418 g/mol. The van der Waals surface area contributed by atoms with Crippen LogP contribution in [0.5, 0.6) is 5.75 Å². The smallest absolute Gasteiger partial charge is 0.262 e. The number of benzene rings is 2. The predicted molar refractivity (Wildman–Crippen MR) is 113 cm³/mol. The molecule has 1 saturated heterocycles. The highest BCUT2D eigenvalue weighted by atomic mass is 32.2. The van der Waals surface area contributed by atoms with Crippen LogP contribution >= 0.6 is 0 Å². The Morgan fingerprint density at radius 1 is 1.00 bits per heavy atom. The molecule has 2 aromatic carbocycles. The average molecular weight is 442 g/mol. The molecule has 8 nitrogen and oxygen atoms in total. The fourth-order valence-corrected chi connectivity index (χ4v) is 5.76. The molecule has 2 aromatic rings. The number of nitrogens with zero attached hydrogens (tertiary/aromatic N) is 2. The lowest BCUT2D eigenvalue weighted by Crippen LogP contribution is -2.52. The zero-order chi connectivity index (χ0) is 21.6. The number of carbonyl (C=O) groups excluding carboxylic acids is 2. The van der Waals surface area contributed by atoms with Gasteiger partial charge in [0.15, 0.2) is 6.61 Å². The molecule has 3 aliphatic rings. The van der Waals surface area contributed by atoms with E-state index in [2.05, 4.69) is 5.32 Å². The highest BCUT2D eigenvalue weighted by molar-refractivity contribution is 7.89. The van der Waals surface area contributed by atoms with Crippen molar-refractivity contribution in [2.24, 2.45) is 0 Å². The third-order valence-corrected chi connectivity index (χ3v) is 8.13. The molecule has 0 atom stereocenters. The normalized spacial score (nSPS) is 20.4. The molecule has 1 saturated carbocycles. The lowest BCUT2D eigenvalue weighted by Gasteiger charge is -2.36. The number of amides is 2. The number of carbonyl (C=O) groups is 2. The Balaban J connectivity index is 1.29. The maximum Gasteiger partial charge on any atom is 0.262 e. The number of sulfonamides is 1. The Bertz CT molecular complexity index is 1140. The van der Waals surface area contributed by atoms with Crippen molar-refractivity contribution in [2.75, 3.05) is 38.1 Å². The van der Waals surface area contributed by atoms with Gasteiger partial charge in [0.1, 0.15) is 5.75 Å². The minimum absolute atomic E-state index is 0.0838. The Labute approximate surface area is 180 Å². The topological polar surface area (TPSA) is 96.0 Å². The molecule has 0 spiro atoms. The van der Waals surface area contributed by atoms with Crippen molar-refractivity contribution < 1.29 is 22.7 Å². The molecule has 162 valence electrons. The number of fused-ring (bicyclic) bond motifs is 1. The van der Waals surface area contributed by atoms with Crippen LogP contribution in [0.15, 0.2) is 53.4 Å². The van der Waals surface area contributed by atoms with E-state index in [-0.39, 0.29) is 36.4 Å². The Morgan fingerprint density at radius 2 is 1.71 bits per heavy atom.